The van der Waals surface area contributed by atoms with Crippen LogP contribution < -0.4 is 10.1 Å². The number of hydrogen-bond acceptors (Lipinski definition) is 3. The van der Waals surface area contributed by atoms with Gasteiger partial charge in [0.15, 0.2) is 6.61 Å². The Balaban J connectivity index is 1.55. The largest absolute Gasteiger partial charge is 0.484 e. The molecule has 2 unspecified atom stereocenters. The second-order valence-electron chi connectivity index (χ2n) is 6.68. The minimum atomic E-state index is -0.467. The Hall–Kier alpha value is -2.85. The molecule has 0 saturated carbocycles. The van der Waals surface area contributed by atoms with Crippen LogP contribution in [0.15, 0.2) is 66.7 Å². The molecule has 0 bridgehead atoms. The summed E-state index contributed by atoms with van der Waals surface area (Å²) in [4.78, 5) is 12.2. The van der Waals surface area contributed by atoms with Gasteiger partial charge in [-0.3, -0.25) is 4.79 Å². The predicted molar refractivity (Wildman–Crippen MR) is 108 cm³/mol. The van der Waals surface area contributed by atoms with E-state index in [2.05, 4.69) is 29.6 Å². The third-order valence-corrected chi connectivity index (χ3v) is 4.67. The average molecular weight is 363 g/mol. The topological polar surface area (TPSA) is 58.6 Å². The number of nitrogens with one attached hydrogen (secondary N) is 1. The van der Waals surface area contributed by atoms with Crippen LogP contribution in [0.1, 0.15) is 43.5 Å². The molecule has 0 radical (unpaired) electrons. The van der Waals surface area contributed by atoms with Crippen LogP contribution in [0.2, 0.25) is 0 Å². The van der Waals surface area contributed by atoms with E-state index in [1.807, 2.05) is 44.2 Å². The first-order chi connectivity index (χ1) is 13.1. The smallest absolute Gasteiger partial charge is 0.258 e. The fourth-order valence-electron chi connectivity index (χ4n) is 3.01. The lowest BCUT2D eigenvalue weighted by molar-refractivity contribution is -0.123. The van der Waals surface area contributed by atoms with Gasteiger partial charge in [0.1, 0.15) is 5.75 Å². The van der Waals surface area contributed by atoms with Gasteiger partial charge in [0.05, 0.1) is 12.1 Å². The summed E-state index contributed by atoms with van der Waals surface area (Å²) in [7, 11) is 0. The van der Waals surface area contributed by atoms with E-state index in [-0.39, 0.29) is 18.6 Å². The maximum atomic E-state index is 12.2. The van der Waals surface area contributed by atoms with Crippen molar-refractivity contribution in [2.24, 2.45) is 0 Å². The third kappa shape index (κ3) is 4.86. The number of aliphatic hydroxyl groups is 1. The lowest BCUT2D eigenvalue weighted by atomic mass is 10.0. The van der Waals surface area contributed by atoms with E-state index in [0.29, 0.717) is 12.2 Å². The summed E-state index contributed by atoms with van der Waals surface area (Å²) in [6.45, 7) is 3.84. The monoisotopic (exact) mass is 363 g/mol. The summed E-state index contributed by atoms with van der Waals surface area (Å²) < 4.78 is 5.55. The molecule has 4 heteroatoms. The van der Waals surface area contributed by atoms with Crippen molar-refractivity contribution < 1.29 is 14.6 Å². The zero-order chi connectivity index (χ0) is 19.2. The molecule has 0 aliphatic heterocycles. The number of benzene rings is 3. The molecular weight excluding hydrogens is 338 g/mol. The van der Waals surface area contributed by atoms with Crippen molar-refractivity contribution in [3.8, 4) is 5.75 Å². The van der Waals surface area contributed by atoms with Crippen LogP contribution >= 0.6 is 0 Å². The van der Waals surface area contributed by atoms with Gasteiger partial charge >= 0.3 is 0 Å². The molecule has 27 heavy (non-hydrogen) atoms. The van der Waals surface area contributed by atoms with Crippen molar-refractivity contribution in [1.82, 2.24) is 5.32 Å². The van der Waals surface area contributed by atoms with Crippen molar-refractivity contribution >= 4 is 16.7 Å². The quantitative estimate of drug-likeness (QED) is 0.648. The number of aliphatic hydroxyl groups excluding tert-OH is 1. The Bertz CT molecular complexity index is 905. The van der Waals surface area contributed by atoms with Crippen molar-refractivity contribution in [2.45, 2.75) is 32.4 Å². The van der Waals surface area contributed by atoms with Crippen LogP contribution in [0.5, 0.6) is 5.75 Å². The molecule has 3 aromatic carbocycles. The molecule has 0 aliphatic rings. The standard InChI is InChI=1S/C23H25NO3/c1-3-22(25)18-10-12-21(13-11-18)27-15-23(26)24-16(2)19-9-8-17-6-4-5-7-20(17)14-19/h4-14,16,22,25H,3,15H2,1-2H3,(H,24,26). The van der Waals surface area contributed by atoms with Gasteiger partial charge in [-0.2, -0.15) is 0 Å². The molecule has 0 aromatic heterocycles. The molecule has 0 spiro atoms. The molecule has 0 aliphatic carbocycles. The summed E-state index contributed by atoms with van der Waals surface area (Å²) in [6.07, 6.45) is 0.195. The van der Waals surface area contributed by atoms with Gasteiger partial charge in [-0.15, -0.1) is 0 Å². The first-order valence-corrected chi connectivity index (χ1v) is 9.25. The summed E-state index contributed by atoms with van der Waals surface area (Å²) in [6, 6.07) is 21.4. The SMILES string of the molecule is CCC(O)c1ccc(OCC(=O)NC(C)c2ccc3ccccc3c2)cc1. The van der Waals surface area contributed by atoms with Gasteiger partial charge in [-0.25, -0.2) is 0 Å². The Labute approximate surface area is 159 Å². The van der Waals surface area contributed by atoms with E-state index >= 15 is 0 Å². The van der Waals surface area contributed by atoms with Crippen molar-refractivity contribution in [1.29, 1.82) is 0 Å². The molecule has 3 rings (SSSR count). The van der Waals surface area contributed by atoms with Crippen LogP contribution in [0.4, 0.5) is 0 Å². The van der Waals surface area contributed by atoms with Gasteiger partial charge in [0, 0.05) is 0 Å². The fraction of sp³-hybridized carbons (Fsp3) is 0.261. The highest BCUT2D eigenvalue weighted by Gasteiger charge is 2.11. The van der Waals surface area contributed by atoms with Crippen LogP contribution in [0.25, 0.3) is 10.8 Å². The number of carbonyl (C=O) groups excluding carboxylic acids is 1. The van der Waals surface area contributed by atoms with Gasteiger partial charge in [0.25, 0.3) is 5.91 Å². The maximum Gasteiger partial charge on any atom is 0.258 e. The van der Waals surface area contributed by atoms with Crippen LogP contribution in [-0.4, -0.2) is 17.6 Å². The third-order valence-electron chi connectivity index (χ3n) is 4.67. The lowest BCUT2D eigenvalue weighted by Gasteiger charge is -2.16. The summed E-state index contributed by atoms with van der Waals surface area (Å²) in [5.74, 6) is 0.434. The molecule has 0 fully saturated rings. The second-order valence-corrected chi connectivity index (χ2v) is 6.68. The Morgan fingerprint density at radius 2 is 1.67 bits per heavy atom. The fourth-order valence-corrected chi connectivity index (χ4v) is 3.01. The van der Waals surface area contributed by atoms with Gasteiger partial charge in [-0.05, 0) is 53.4 Å². The Morgan fingerprint density at radius 3 is 2.37 bits per heavy atom. The molecule has 0 saturated heterocycles. The molecule has 2 atom stereocenters. The number of rotatable bonds is 7. The van der Waals surface area contributed by atoms with Crippen LogP contribution in [0.3, 0.4) is 0 Å². The number of fused-ring (bicyclic) bond motifs is 1. The van der Waals surface area contributed by atoms with E-state index in [4.69, 9.17) is 4.74 Å². The van der Waals surface area contributed by atoms with E-state index < -0.39 is 6.10 Å². The molecular formula is C23H25NO3. The highest BCUT2D eigenvalue weighted by Crippen LogP contribution is 2.21. The number of hydrogen-bond donors (Lipinski definition) is 2. The number of amides is 1. The van der Waals surface area contributed by atoms with Crippen LogP contribution in [-0.2, 0) is 4.79 Å². The normalized spacial score (nSPS) is 13.1. The molecule has 2 N–H and O–H groups in total. The second kappa shape index (κ2) is 8.69. The first kappa shape index (κ1) is 18.9. The minimum absolute atomic E-state index is 0.0480. The number of ether oxygens (including phenoxy) is 1. The molecule has 0 heterocycles. The van der Waals surface area contributed by atoms with E-state index in [1.54, 1.807) is 12.1 Å². The molecule has 140 valence electrons. The van der Waals surface area contributed by atoms with E-state index in [1.165, 1.54) is 5.39 Å². The zero-order valence-electron chi connectivity index (χ0n) is 15.7. The van der Waals surface area contributed by atoms with Crippen molar-refractivity contribution in [3.63, 3.8) is 0 Å². The average Bonchev–Trinajstić information content (AvgIpc) is 2.71. The predicted octanol–water partition coefficient (Wildman–Crippen LogP) is 4.54. The molecule has 1 amide bonds. The van der Waals surface area contributed by atoms with Gasteiger partial charge < -0.3 is 15.2 Å². The van der Waals surface area contributed by atoms with Crippen molar-refractivity contribution in [2.75, 3.05) is 6.61 Å². The Morgan fingerprint density at radius 1 is 1.00 bits per heavy atom. The maximum absolute atomic E-state index is 12.2. The lowest BCUT2D eigenvalue weighted by Crippen LogP contribution is -2.31. The van der Waals surface area contributed by atoms with Gasteiger partial charge in [-0.1, -0.05) is 55.5 Å². The van der Waals surface area contributed by atoms with Crippen LogP contribution in [0, 0.1) is 0 Å². The Kier molecular flexibility index (Phi) is 6.09. The first-order valence-electron chi connectivity index (χ1n) is 9.25. The highest BCUT2D eigenvalue weighted by molar-refractivity contribution is 5.83. The molecule has 3 aromatic rings. The zero-order valence-corrected chi connectivity index (χ0v) is 15.7. The summed E-state index contributed by atoms with van der Waals surface area (Å²) in [5.41, 5.74) is 1.90. The van der Waals surface area contributed by atoms with E-state index in [9.17, 15) is 9.90 Å². The summed E-state index contributed by atoms with van der Waals surface area (Å²) >= 11 is 0. The minimum Gasteiger partial charge on any atom is -0.484 e. The van der Waals surface area contributed by atoms with E-state index in [0.717, 1.165) is 16.5 Å². The van der Waals surface area contributed by atoms with Gasteiger partial charge in [0.2, 0.25) is 0 Å². The number of carbonyl (C=O) groups is 1. The highest BCUT2D eigenvalue weighted by atomic mass is 16.5. The summed E-state index contributed by atoms with van der Waals surface area (Å²) in [5, 5.41) is 15.1. The molecule has 4 nitrogen and oxygen atoms in total. The van der Waals surface area contributed by atoms with Crippen molar-refractivity contribution in [3.05, 3.63) is 77.9 Å².